The van der Waals surface area contributed by atoms with Crippen LogP contribution < -0.4 is 5.73 Å². The molecule has 2 fully saturated rings. The molecule has 0 heterocycles. The van der Waals surface area contributed by atoms with Gasteiger partial charge in [0.25, 0.3) is 5.78 Å². The Balaban J connectivity index is 0.000000251. The van der Waals surface area contributed by atoms with Crippen LogP contribution in [0.15, 0.2) is 24.3 Å². The molecule has 8 heteroatoms. The summed E-state index contributed by atoms with van der Waals surface area (Å²) < 4.78 is 0. The summed E-state index contributed by atoms with van der Waals surface area (Å²) in [6, 6.07) is 5.42. The summed E-state index contributed by atoms with van der Waals surface area (Å²) in [4.78, 5) is 43.7. The molecule has 1 aromatic carbocycles. The molecular formula is C18H23NO7. The van der Waals surface area contributed by atoms with E-state index >= 15 is 0 Å². The van der Waals surface area contributed by atoms with Crippen LogP contribution in [0.3, 0.4) is 0 Å². The molecule has 0 bridgehead atoms. The fourth-order valence-corrected chi connectivity index (χ4v) is 3.19. The molecular weight excluding hydrogens is 342 g/mol. The summed E-state index contributed by atoms with van der Waals surface area (Å²) in [6.07, 6.45) is 3.71. The molecule has 0 aromatic heterocycles. The van der Waals surface area contributed by atoms with E-state index in [0.717, 1.165) is 31.2 Å². The van der Waals surface area contributed by atoms with Gasteiger partial charge in [-0.15, -0.1) is 0 Å². The van der Waals surface area contributed by atoms with E-state index in [-0.39, 0.29) is 29.5 Å². The second-order valence-electron chi connectivity index (χ2n) is 6.37. The third-order valence-corrected chi connectivity index (χ3v) is 4.60. The van der Waals surface area contributed by atoms with Gasteiger partial charge in [0, 0.05) is 11.8 Å². The highest BCUT2D eigenvalue weighted by Crippen LogP contribution is 2.36. The zero-order chi connectivity index (χ0) is 18.6. The molecule has 2 aliphatic carbocycles. The van der Waals surface area contributed by atoms with Crippen LogP contribution in [0, 0.1) is 11.8 Å². The number of phenols is 1. The van der Waals surface area contributed by atoms with Gasteiger partial charge in [-0.05, 0) is 37.0 Å². The number of ketones is 3. The van der Waals surface area contributed by atoms with Crippen LogP contribution in [0.5, 0.6) is 5.75 Å². The Morgan fingerprint density at radius 1 is 1.04 bits per heavy atom. The number of aromatic hydroxyl groups is 1. The molecule has 26 heavy (non-hydrogen) atoms. The predicted octanol–water partition coefficient (Wildman–Crippen LogP) is 0.0356. The monoisotopic (exact) mass is 365 g/mol. The van der Waals surface area contributed by atoms with Crippen LogP contribution in [0.2, 0.25) is 0 Å². The highest BCUT2D eigenvalue weighted by molar-refractivity contribution is 6.68. The Bertz CT molecular complexity index is 657. The molecule has 0 amide bonds. The van der Waals surface area contributed by atoms with Gasteiger partial charge in [-0.2, -0.15) is 0 Å². The third-order valence-electron chi connectivity index (χ3n) is 4.60. The molecule has 3 rings (SSSR count). The summed E-state index contributed by atoms with van der Waals surface area (Å²) in [5, 5.41) is 17.5. The lowest BCUT2D eigenvalue weighted by molar-refractivity contribution is -0.141. The van der Waals surface area contributed by atoms with Gasteiger partial charge < -0.3 is 21.4 Å². The summed E-state index contributed by atoms with van der Waals surface area (Å²) in [6.45, 7) is 0. The number of rotatable bonds is 3. The van der Waals surface area contributed by atoms with Crippen molar-refractivity contribution in [3.8, 4) is 5.75 Å². The highest BCUT2D eigenvalue weighted by atomic mass is 16.4. The fourth-order valence-electron chi connectivity index (χ4n) is 3.19. The molecule has 142 valence electrons. The molecule has 0 saturated heterocycles. The van der Waals surface area contributed by atoms with E-state index in [1.165, 1.54) is 12.1 Å². The van der Waals surface area contributed by atoms with Crippen molar-refractivity contribution in [1.82, 2.24) is 0 Å². The standard InChI is InChI=1S/C9H11NO3.C9H10O3.H2O/c10-8(9(12)13)5-6-1-3-7(11)4-2-6;10-7-5-3-1-2-4-6(5)8(11)9(7)12;/h1-4,8,11H,5,10H2,(H,12,13);5-6H,1-4H2;1H2. The zero-order valence-corrected chi connectivity index (χ0v) is 14.2. The Morgan fingerprint density at radius 3 is 1.92 bits per heavy atom. The Kier molecular flexibility index (Phi) is 7.60. The number of carboxylic acids is 1. The van der Waals surface area contributed by atoms with Crippen LogP contribution in [-0.4, -0.2) is 45.1 Å². The normalized spacial score (nSPS) is 22.6. The number of nitrogens with two attached hydrogens (primary N) is 1. The quantitative estimate of drug-likeness (QED) is 0.635. The molecule has 0 aliphatic heterocycles. The first-order chi connectivity index (χ1) is 11.8. The van der Waals surface area contributed by atoms with Gasteiger partial charge >= 0.3 is 5.97 Å². The summed E-state index contributed by atoms with van der Waals surface area (Å²) in [5.41, 5.74) is 6.12. The van der Waals surface area contributed by atoms with Crippen molar-refractivity contribution in [2.45, 2.75) is 38.1 Å². The largest absolute Gasteiger partial charge is 0.508 e. The number of carbonyl (C=O) groups is 4. The number of aliphatic carboxylic acids is 1. The van der Waals surface area contributed by atoms with Crippen molar-refractivity contribution in [2.75, 3.05) is 0 Å². The lowest BCUT2D eigenvalue weighted by Gasteiger charge is -2.20. The molecule has 2 saturated carbocycles. The number of carbonyl (C=O) groups excluding carboxylic acids is 3. The van der Waals surface area contributed by atoms with Gasteiger partial charge in [-0.3, -0.25) is 19.2 Å². The van der Waals surface area contributed by atoms with E-state index in [4.69, 9.17) is 15.9 Å². The first-order valence-corrected chi connectivity index (χ1v) is 8.20. The van der Waals surface area contributed by atoms with Crippen molar-refractivity contribution in [2.24, 2.45) is 17.6 Å². The molecule has 1 aromatic rings. The maximum atomic E-state index is 11.2. The van der Waals surface area contributed by atoms with Crippen molar-refractivity contribution >= 4 is 23.3 Å². The molecule has 3 atom stereocenters. The second kappa shape index (κ2) is 9.21. The molecule has 0 radical (unpaired) electrons. The van der Waals surface area contributed by atoms with E-state index in [9.17, 15) is 19.2 Å². The molecule has 6 N–H and O–H groups in total. The van der Waals surface area contributed by atoms with Crippen LogP contribution in [0.1, 0.15) is 31.2 Å². The Labute approximate surface area is 150 Å². The van der Waals surface area contributed by atoms with E-state index in [1.54, 1.807) is 12.1 Å². The minimum atomic E-state index is -1.02. The van der Waals surface area contributed by atoms with Crippen molar-refractivity contribution in [1.29, 1.82) is 0 Å². The Morgan fingerprint density at radius 2 is 1.50 bits per heavy atom. The SMILES string of the molecule is NC(Cc1ccc(O)cc1)C(=O)O.O.O=C1C(=O)C2CCCCC2C1=O. The number of Topliss-reactive ketones (excluding diaryl/α,β-unsaturated/α-hetero) is 3. The minimum absolute atomic E-state index is 0. The Hall–Kier alpha value is -2.58. The maximum Gasteiger partial charge on any atom is 0.320 e. The average molecular weight is 365 g/mol. The van der Waals surface area contributed by atoms with Crippen molar-refractivity contribution in [3.05, 3.63) is 29.8 Å². The van der Waals surface area contributed by atoms with Gasteiger partial charge in [0.15, 0.2) is 0 Å². The number of hydrogen-bond donors (Lipinski definition) is 3. The molecule has 2 aliphatic rings. The number of benzene rings is 1. The maximum absolute atomic E-state index is 11.2. The summed E-state index contributed by atoms with van der Waals surface area (Å²) in [5.74, 6) is -2.96. The fraction of sp³-hybridized carbons (Fsp3) is 0.444. The first kappa shape index (κ1) is 21.5. The van der Waals surface area contributed by atoms with E-state index < -0.39 is 29.4 Å². The van der Waals surface area contributed by atoms with E-state index in [1.807, 2.05) is 0 Å². The van der Waals surface area contributed by atoms with Crippen molar-refractivity contribution in [3.63, 3.8) is 0 Å². The smallest absolute Gasteiger partial charge is 0.320 e. The van der Waals surface area contributed by atoms with E-state index in [0.29, 0.717) is 0 Å². The highest BCUT2D eigenvalue weighted by Gasteiger charge is 2.48. The number of phenolic OH excluding ortho intramolecular Hbond substituents is 1. The van der Waals surface area contributed by atoms with Gasteiger partial charge in [-0.25, -0.2) is 0 Å². The van der Waals surface area contributed by atoms with Crippen LogP contribution >= 0.6 is 0 Å². The number of carboxylic acid groups (broad SMARTS) is 1. The third kappa shape index (κ3) is 4.96. The van der Waals surface area contributed by atoms with Crippen LogP contribution in [-0.2, 0) is 25.6 Å². The van der Waals surface area contributed by atoms with Crippen LogP contribution in [0.25, 0.3) is 0 Å². The van der Waals surface area contributed by atoms with Crippen LogP contribution in [0.4, 0.5) is 0 Å². The minimum Gasteiger partial charge on any atom is -0.508 e. The zero-order valence-electron chi connectivity index (χ0n) is 14.2. The lowest BCUT2D eigenvalue weighted by atomic mass is 9.81. The average Bonchev–Trinajstić information content (AvgIpc) is 2.82. The first-order valence-electron chi connectivity index (χ1n) is 8.20. The van der Waals surface area contributed by atoms with Crippen molar-refractivity contribution < 1.29 is 34.9 Å². The van der Waals surface area contributed by atoms with Gasteiger partial charge in [-0.1, -0.05) is 25.0 Å². The molecule has 0 spiro atoms. The predicted molar refractivity (Wildman–Crippen MR) is 91.5 cm³/mol. The van der Waals surface area contributed by atoms with Gasteiger partial charge in [0.05, 0.1) is 0 Å². The number of hydrogen-bond acceptors (Lipinski definition) is 6. The number of fused-ring (bicyclic) bond motifs is 1. The van der Waals surface area contributed by atoms with E-state index in [2.05, 4.69) is 0 Å². The topological polar surface area (TPSA) is 166 Å². The summed E-state index contributed by atoms with van der Waals surface area (Å²) in [7, 11) is 0. The van der Waals surface area contributed by atoms with Gasteiger partial charge in [0.1, 0.15) is 11.8 Å². The summed E-state index contributed by atoms with van der Waals surface area (Å²) >= 11 is 0. The second-order valence-corrected chi connectivity index (χ2v) is 6.37. The van der Waals surface area contributed by atoms with Gasteiger partial charge in [0.2, 0.25) is 11.6 Å². The molecule has 8 nitrogen and oxygen atoms in total. The molecule has 3 unspecified atom stereocenters. The lowest BCUT2D eigenvalue weighted by Crippen LogP contribution is -2.32.